The summed E-state index contributed by atoms with van der Waals surface area (Å²) in [5.41, 5.74) is 2.07. The van der Waals surface area contributed by atoms with Crippen molar-refractivity contribution in [3.8, 4) is 0 Å². The molecule has 1 aliphatic heterocycles. The number of nitrogens with zero attached hydrogens (tertiary/aromatic N) is 3. The third-order valence-corrected chi connectivity index (χ3v) is 4.99. The molecule has 0 radical (unpaired) electrons. The highest BCUT2D eigenvalue weighted by molar-refractivity contribution is 6.39. The van der Waals surface area contributed by atoms with Crippen LogP contribution in [-0.2, 0) is 32.2 Å². The van der Waals surface area contributed by atoms with Crippen molar-refractivity contribution in [2.24, 2.45) is 5.10 Å². The fourth-order valence-corrected chi connectivity index (χ4v) is 3.26. The second kappa shape index (κ2) is 9.82. The van der Waals surface area contributed by atoms with Gasteiger partial charge in [0.25, 0.3) is 5.91 Å². The maximum Gasteiger partial charge on any atom is 0.328 e. The molecule has 2 amide bonds. The van der Waals surface area contributed by atoms with Gasteiger partial charge in [-0.25, -0.2) is 9.80 Å². The lowest BCUT2D eigenvalue weighted by molar-refractivity contribution is -0.150. The normalized spacial score (nSPS) is 14.7. The van der Waals surface area contributed by atoms with Crippen molar-refractivity contribution in [3.63, 3.8) is 0 Å². The summed E-state index contributed by atoms with van der Waals surface area (Å²) in [4.78, 5) is 39.3. The first-order valence-electron chi connectivity index (χ1n) is 9.84. The minimum absolute atomic E-state index is 0.133. The molecule has 0 saturated heterocycles. The van der Waals surface area contributed by atoms with Gasteiger partial charge in [0.15, 0.2) is 0 Å². The summed E-state index contributed by atoms with van der Waals surface area (Å²) in [6.07, 6.45) is 0.436. The first kappa shape index (κ1) is 21.2. The van der Waals surface area contributed by atoms with Crippen LogP contribution in [0.4, 0.5) is 0 Å². The third kappa shape index (κ3) is 5.11. The van der Waals surface area contributed by atoms with Crippen LogP contribution in [0.5, 0.6) is 0 Å². The number of amides is 2. The van der Waals surface area contributed by atoms with Crippen LogP contribution in [0, 0.1) is 0 Å². The molecule has 1 atom stereocenters. The summed E-state index contributed by atoms with van der Waals surface area (Å²) in [7, 11) is 1.29. The van der Waals surface area contributed by atoms with E-state index in [1.165, 1.54) is 17.0 Å². The van der Waals surface area contributed by atoms with E-state index in [0.29, 0.717) is 6.54 Å². The highest BCUT2D eigenvalue weighted by Crippen LogP contribution is 2.17. The van der Waals surface area contributed by atoms with Crippen LogP contribution >= 0.6 is 0 Å². The average Bonchev–Trinajstić information content (AvgIpc) is 2.79. The minimum Gasteiger partial charge on any atom is -0.467 e. The zero-order valence-corrected chi connectivity index (χ0v) is 17.2. The van der Waals surface area contributed by atoms with Gasteiger partial charge >= 0.3 is 5.97 Å². The summed E-state index contributed by atoms with van der Waals surface area (Å²) in [6, 6.07) is 18.1. The molecule has 1 aliphatic rings. The van der Waals surface area contributed by atoms with Crippen LogP contribution in [0.3, 0.4) is 0 Å². The molecule has 7 heteroatoms. The van der Waals surface area contributed by atoms with Gasteiger partial charge in [-0.2, -0.15) is 5.10 Å². The van der Waals surface area contributed by atoms with Crippen LogP contribution in [0.1, 0.15) is 30.9 Å². The number of esters is 1. The van der Waals surface area contributed by atoms with E-state index in [1.807, 2.05) is 60.7 Å². The number of hydrogen-bond donors (Lipinski definition) is 0. The molecule has 30 heavy (non-hydrogen) atoms. The van der Waals surface area contributed by atoms with Crippen LogP contribution in [0.2, 0.25) is 0 Å². The van der Waals surface area contributed by atoms with Crippen molar-refractivity contribution in [2.75, 3.05) is 7.11 Å². The molecule has 0 N–H and O–H groups in total. The van der Waals surface area contributed by atoms with E-state index in [2.05, 4.69) is 5.10 Å². The molecular formula is C23H25N3O4. The predicted molar refractivity (Wildman–Crippen MR) is 112 cm³/mol. The Morgan fingerprint density at radius 2 is 1.63 bits per heavy atom. The summed E-state index contributed by atoms with van der Waals surface area (Å²) in [6.45, 7) is 2.16. The van der Waals surface area contributed by atoms with E-state index in [-0.39, 0.29) is 36.9 Å². The van der Waals surface area contributed by atoms with Crippen LogP contribution < -0.4 is 0 Å². The van der Waals surface area contributed by atoms with Crippen molar-refractivity contribution >= 4 is 23.5 Å². The van der Waals surface area contributed by atoms with Crippen molar-refractivity contribution in [1.29, 1.82) is 0 Å². The minimum atomic E-state index is -0.786. The Bertz CT molecular complexity index is 928. The Kier molecular flexibility index (Phi) is 6.95. The smallest absolute Gasteiger partial charge is 0.328 e. The van der Waals surface area contributed by atoms with Crippen molar-refractivity contribution in [1.82, 2.24) is 9.91 Å². The van der Waals surface area contributed by atoms with Crippen molar-refractivity contribution < 1.29 is 19.1 Å². The van der Waals surface area contributed by atoms with Gasteiger partial charge in [0.1, 0.15) is 11.8 Å². The number of benzene rings is 2. The number of carbonyl (C=O) groups is 3. The number of carbonyl (C=O) groups excluding carboxylic acids is 3. The largest absolute Gasteiger partial charge is 0.467 e. The molecule has 0 saturated carbocycles. The molecule has 0 spiro atoms. The molecule has 156 valence electrons. The Labute approximate surface area is 175 Å². The Morgan fingerprint density at radius 1 is 1.03 bits per heavy atom. The monoisotopic (exact) mass is 407 g/mol. The van der Waals surface area contributed by atoms with Gasteiger partial charge in [-0.15, -0.1) is 0 Å². The van der Waals surface area contributed by atoms with E-state index in [9.17, 15) is 14.4 Å². The van der Waals surface area contributed by atoms with Gasteiger partial charge < -0.3 is 9.64 Å². The van der Waals surface area contributed by atoms with Crippen LogP contribution in [0.15, 0.2) is 65.8 Å². The fraction of sp³-hybridized carbons (Fsp3) is 0.304. The predicted octanol–water partition coefficient (Wildman–Crippen LogP) is 2.76. The fourth-order valence-electron chi connectivity index (χ4n) is 3.26. The quantitative estimate of drug-likeness (QED) is 0.661. The third-order valence-electron chi connectivity index (χ3n) is 4.99. The highest BCUT2D eigenvalue weighted by atomic mass is 16.5. The lowest BCUT2D eigenvalue weighted by Crippen LogP contribution is -2.48. The maximum atomic E-state index is 13.3. The second-order valence-corrected chi connectivity index (χ2v) is 7.10. The average molecular weight is 407 g/mol. The molecule has 2 aromatic carbocycles. The summed E-state index contributed by atoms with van der Waals surface area (Å²) >= 11 is 0. The topological polar surface area (TPSA) is 79.3 Å². The molecule has 0 fully saturated rings. The summed E-state index contributed by atoms with van der Waals surface area (Å²) in [5.74, 6) is -1.01. The SMILES string of the molecule is COC(=O)C(C)N(Cc1ccccc1)C(=O)C1=NN(Cc2ccccc2)C(=O)CC1. The molecular weight excluding hydrogens is 382 g/mol. The zero-order valence-electron chi connectivity index (χ0n) is 17.2. The lowest BCUT2D eigenvalue weighted by Gasteiger charge is -2.30. The first-order chi connectivity index (χ1) is 14.5. The Morgan fingerprint density at radius 3 is 2.23 bits per heavy atom. The number of rotatable bonds is 7. The molecule has 2 aromatic rings. The van der Waals surface area contributed by atoms with Crippen molar-refractivity contribution in [2.45, 2.75) is 38.9 Å². The van der Waals surface area contributed by atoms with Crippen molar-refractivity contribution in [3.05, 3.63) is 71.8 Å². The summed E-state index contributed by atoms with van der Waals surface area (Å²) in [5, 5.41) is 5.67. The first-order valence-corrected chi connectivity index (χ1v) is 9.84. The standard InChI is InChI=1S/C23H25N3O4/c1-17(23(29)30-2)25(15-18-9-5-3-6-10-18)22(28)20-13-14-21(27)26(24-20)16-19-11-7-4-8-12-19/h3-12,17H,13-16H2,1-2H3. The lowest BCUT2D eigenvalue weighted by atomic mass is 10.1. The van der Waals surface area contributed by atoms with E-state index in [4.69, 9.17) is 4.74 Å². The van der Waals surface area contributed by atoms with Crippen LogP contribution in [-0.4, -0.2) is 46.6 Å². The molecule has 7 nitrogen and oxygen atoms in total. The van der Waals surface area contributed by atoms with Gasteiger partial charge in [-0.3, -0.25) is 9.59 Å². The Balaban J connectivity index is 1.85. The van der Waals surface area contributed by atoms with E-state index in [1.54, 1.807) is 6.92 Å². The number of hydrazone groups is 1. The maximum absolute atomic E-state index is 13.3. The molecule has 0 aliphatic carbocycles. The molecule has 0 aromatic heterocycles. The van der Waals surface area contributed by atoms with Gasteiger partial charge in [0.2, 0.25) is 5.91 Å². The summed E-state index contributed by atoms with van der Waals surface area (Å²) < 4.78 is 4.85. The van der Waals surface area contributed by atoms with E-state index in [0.717, 1.165) is 11.1 Å². The molecule has 1 heterocycles. The number of ether oxygens (including phenoxy) is 1. The van der Waals surface area contributed by atoms with Gasteiger partial charge in [0, 0.05) is 19.4 Å². The molecule has 3 rings (SSSR count). The molecule has 1 unspecified atom stereocenters. The van der Waals surface area contributed by atoms with Gasteiger partial charge in [0.05, 0.1) is 13.7 Å². The Hall–Kier alpha value is -3.48. The van der Waals surface area contributed by atoms with Crippen LogP contribution in [0.25, 0.3) is 0 Å². The highest BCUT2D eigenvalue weighted by Gasteiger charge is 2.32. The van der Waals surface area contributed by atoms with Gasteiger partial charge in [-0.05, 0) is 18.1 Å². The second-order valence-electron chi connectivity index (χ2n) is 7.10. The van der Waals surface area contributed by atoms with Gasteiger partial charge in [-0.1, -0.05) is 60.7 Å². The van der Waals surface area contributed by atoms with E-state index >= 15 is 0 Å². The number of hydrogen-bond acceptors (Lipinski definition) is 5. The number of methoxy groups -OCH3 is 1. The molecule has 0 bridgehead atoms. The van der Waals surface area contributed by atoms with E-state index < -0.39 is 12.0 Å². The zero-order chi connectivity index (χ0) is 21.5.